The van der Waals surface area contributed by atoms with Crippen molar-refractivity contribution >= 4 is 59.2 Å². The van der Waals surface area contributed by atoms with Crippen molar-refractivity contribution in [2.45, 2.75) is 0 Å². The molecule has 0 fully saturated rings. The lowest BCUT2D eigenvalue weighted by molar-refractivity contribution is 0.107. The first-order valence-corrected chi connectivity index (χ1v) is 16.6. The number of halogens is 1. The minimum Gasteiger partial charge on any atom is -0.289 e. The fraction of sp³-hybridized carbons (Fsp3) is 0.0588. The van der Waals surface area contributed by atoms with Crippen LogP contribution in [0.2, 0.25) is 5.02 Å². The Hall–Kier alpha value is -3.21. The number of hydrogen-bond donors (Lipinski definition) is 0. The molecule has 0 saturated carbocycles. The highest BCUT2D eigenvalue weighted by Gasteiger charge is 2.27. The third-order valence-corrected chi connectivity index (χ3v) is 13.9. The van der Waals surface area contributed by atoms with Gasteiger partial charge in [0.15, 0.2) is 5.78 Å². The van der Waals surface area contributed by atoms with Gasteiger partial charge in [-0.15, -0.1) is 0 Å². The monoisotopic (exact) mass is 550 g/mol. The maximum Gasteiger partial charge on any atom is 0.186 e. The summed E-state index contributed by atoms with van der Waals surface area (Å²) in [6.07, 6.45) is 1.88. The highest BCUT2D eigenvalue weighted by atomic mass is 35.5. The van der Waals surface area contributed by atoms with E-state index in [1.807, 2.05) is 30.1 Å². The van der Waals surface area contributed by atoms with E-state index in [0.29, 0.717) is 10.6 Å². The molecule has 0 amide bonds. The van der Waals surface area contributed by atoms with Crippen molar-refractivity contribution in [3.8, 4) is 0 Å². The molecule has 0 aliphatic heterocycles. The van der Waals surface area contributed by atoms with E-state index in [1.165, 1.54) is 21.2 Å². The first-order valence-electron chi connectivity index (χ1n) is 12.7. The zero-order valence-corrected chi connectivity index (χ0v) is 23.6. The summed E-state index contributed by atoms with van der Waals surface area (Å²) in [5, 5.41) is 5.80. The van der Waals surface area contributed by atoms with E-state index in [-0.39, 0.29) is 5.78 Å². The lowest BCUT2D eigenvalue weighted by atomic mass is 10.2. The third-order valence-electron chi connectivity index (χ3n) is 6.71. The minimum absolute atomic E-state index is 0.0476. The number of hydrogen-bond acceptors (Lipinski definition) is 1. The summed E-state index contributed by atoms with van der Waals surface area (Å²) >= 11 is 6.13. The standard InChI is InChI=1S/C34H29ClOP2/c35-29-23-21-28(22-24-29)34(36)27-38(32-17-9-3-10-18-32,33-19-11-4-12-20-33)26-25-37(30-13-5-1-6-14-30)31-15-7-2-8-16-31/h1-24,27H,25-26H2. The van der Waals surface area contributed by atoms with Crippen molar-refractivity contribution < 1.29 is 4.79 Å². The largest absolute Gasteiger partial charge is 0.289 e. The highest BCUT2D eigenvalue weighted by Crippen LogP contribution is 2.48. The molecular weight excluding hydrogens is 522 g/mol. The molecule has 0 aliphatic rings. The van der Waals surface area contributed by atoms with Gasteiger partial charge in [0, 0.05) is 10.6 Å². The van der Waals surface area contributed by atoms with Crippen LogP contribution in [0.1, 0.15) is 10.4 Å². The Kier molecular flexibility index (Phi) is 8.72. The van der Waals surface area contributed by atoms with Crippen LogP contribution in [-0.4, -0.2) is 23.9 Å². The summed E-state index contributed by atoms with van der Waals surface area (Å²) in [5.74, 6) is 2.09. The summed E-state index contributed by atoms with van der Waals surface area (Å²) in [6, 6.07) is 50.1. The Morgan fingerprint density at radius 3 is 1.47 bits per heavy atom. The molecular formula is C34H29ClOP2. The minimum atomic E-state index is -2.22. The van der Waals surface area contributed by atoms with Crippen LogP contribution in [0.4, 0.5) is 0 Å². The molecule has 0 aromatic heterocycles. The molecule has 0 N–H and O–H groups in total. The second-order valence-electron chi connectivity index (χ2n) is 9.09. The van der Waals surface area contributed by atoms with Gasteiger partial charge in [-0.05, 0) is 78.4 Å². The van der Waals surface area contributed by atoms with Gasteiger partial charge in [-0.2, -0.15) is 0 Å². The van der Waals surface area contributed by atoms with Gasteiger partial charge in [-0.3, -0.25) is 4.79 Å². The van der Waals surface area contributed by atoms with E-state index in [0.717, 1.165) is 12.3 Å². The molecule has 5 aromatic rings. The summed E-state index contributed by atoms with van der Waals surface area (Å²) < 4.78 is 0. The summed E-state index contributed by atoms with van der Waals surface area (Å²) in [6.45, 7) is -2.22. The summed E-state index contributed by atoms with van der Waals surface area (Å²) in [4.78, 5) is 13.8. The van der Waals surface area contributed by atoms with Crippen LogP contribution < -0.4 is 21.2 Å². The lowest BCUT2D eigenvalue weighted by Gasteiger charge is -2.30. The van der Waals surface area contributed by atoms with Gasteiger partial charge in [0.1, 0.15) is 0 Å². The fourth-order valence-corrected chi connectivity index (χ4v) is 12.0. The van der Waals surface area contributed by atoms with Crippen molar-refractivity contribution in [3.05, 3.63) is 156 Å². The van der Waals surface area contributed by atoms with Gasteiger partial charge < -0.3 is 0 Å². The summed E-state index contributed by atoms with van der Waals surface area (Å²) in [5.41, 5.74) is 0.666. The topological polar surface area (TPSA) is 17.1 Å². The number of carbonyl (C=O) groups excluding carboxylic acids is 1. The molecule has 4 heteroatoms. The molecule has 38 heavy (non-hydrogen) atoms. The molecule has 0 radical (unpaired) electrons. The Bertz CT molecular complexity index is 1440. The van der Waals surface area contributed by atoms with Crippen LogP contribution in [0.15, 0.2) is 146 Å². The highest BCUT2D eigenvalue weighted by molar-refractivity contribution is 7.90. The maximum atomic E-state index is 13.8. The number of carbonyl (C=O) groups is 1. The zero-order chi connectivity index (χ0) is 26.2. The molecule has 0 bridgehead atoms. The van der Waals surface area contributed by atoms with E-state index >= 15 is 0 Å². The third kappa shape index (κ3) is 6.09. The van der Waals surface area contributed by atoms with Crippen molar-refractivity contribution in [1.29, 1.82) is 0 Å². The van der Waals surface area contributed by atoms with E-state index < -0.39 is 14.8 Å². The van der Waals surface area contributed by atoms with Crippen LogP contribution in [-0.2, 0) is 0 Å². The molecule has 0 heterocycles. The van der Waals surface area contributed by atoms with Crippen LogP contribution in [0.5, 0.6) is 0 Å². The average molecular weight is 551 g/mol. The smallest absolute Gasteiger partial charge is 0.186 e. The maximum absolute atomic E-state index is 13.8. The van der Waals surface area contributed by atoms with Gasteiger partial charge in [-0.25, -0.2) is 0 Å². The van der Waals surface area contributed by atoms with Gasteiger partial charge in [-0.1, -0.05) is 133 Å². The molecule has 0 aliphatic carbocycles. The van der Waals surface area contributed by atoms with Gasteiger partial charge >= 0.3 is 0 Å². The van der Waals surface area contributed by atoms with E-state index in [1.54, 1.807) is 12.1 Å². The SMILES string of the molecule is O=C(C=P(CCP(c1ccccc1)c1ccccc1)(c1ccccc1)c1ccccc1)c1ccc(Cl)cc1. The first-order chi connectivity index (χ1) is 18.7. The van der Waals surface area contributed by atoms with Crippen LogP contribution >= 0.6 is 26.4 Å². The molecule has 0 atom stereocenters. The molecule has 1 nitrogen and oxygen atoms in total. The van der Waals surface area contributed by atoms with Gasteiger partial charge in [0.25, 0.3) is 0 Å². The number of benzene rings is 5. The zero-order valence-electron chi connectivity index (χ0n) is 21.0. The first kappa shape index (κ1) is 26.4. The van der Waals surface area contributed by atoms with Crippen molar-refractivity contribution in [3.63, 3.8) is 0 Å². The van der Waals surface area contributed by atoms with E-state index in [4.69, 9.17) is 11.6 Å². The lowest BCUT2D eigenvalue weighted by Crippen LogP contribution is -2.26. The summed E-state index contributed by atoms with van der Waals surface area (Å²) in [7, 11) is -0.600. The molecule has 0 saturated heterocycles. The van der Waals surface area contributed by atoms with Crippen LogP contribution in [0.3, 0.4) is 0 Å². The van der Waals surface area contributed by atoms with Crippen molar-refractivity contribution in [2.75, 3.05) is 12.3 Å². The van der Waals surface area contributed by atoms with E-state index in [9.17, 15) is 4.79 Å². The molecule has 0 spiro atoms. The molecule has 5 rings (SSSR count). The average Bonchev–Trinajstić information content (AvgIpc) is 2.99. The Morgan fingerprint density at radius 1 is 0.605 bits per heavy atom. The predicted molar refractivity (Wildman–Crippen MR) is 170 cm³/mol. The molecule has 0 unspecified atom stereocenters. The normalized spacial score (nSPS) is 11.3. The van der Waals surface area contributed by atoms with Gasteiger partial charge in [0.05, 0.1) is 0 Å². The fourth-order valence-electron chi connectivity index (χ4n) is 4.78. The predicted octanol–water partition coefficient (Wildman–Crippen LogP) is 7.13. The Balaban J connectivity index is 1.66. The number of Topliss-reactive ketones (excluding diaryl/α,β-unsaturated/α-hetero) is 1. The molecule has 188 valence electrons. The Morgan fingerprint density at radius 2 is 1.03 bits per heavy atom. The molecule has 5 aromatic carbocycles. The second kappa shape index (κ2) is 12.6. The number of rotatable bonds is 9. The van der Waals surface area contributed by atoms with Crippen molar-refractivity contribution in [2.24, 2.45) is 0 Å². The van der Waals surface area contributed by atoms with Crippen LogP contribution in [0.25, 0.3) is 0 Å². The number of ketones is 1. The van der Waals surface area contributed by atoms with Crippen molar-refractivity contribution in [1.82, 2.24) is 0 Å². The second-order valence-corrected chi connectivity index (χ2v) is 15.3. The Labute approximate surface area is 231 Å². The van der Waals surface area contributed by atoms with Crippen LogP contribution in [0, 0.1) is 0 Å². The van der Waals surface area contributed by atoms with E-state index in [2.05, 4.69) is 109 Å². The van der Waals surface area contributed by atoms with Gasteiger partial charge in [0.2, 0.25) is 0 Å². The quantitative estimate of drug-likeness (QED) is 0.141.